The van der Waals surface area contributed by atoms with Gasteiger partial charge in [-0.05, 0) is 43.3 Å². The highest BCUT2D eigenvalue weighted by Crippen LogP contribution is 2.34. The fourth-order valence-electron chi connectivity index (χ4n) is 3.88. The first-order valence-electron chi connectivity index (χ1n) is 11.2. The highest BCUT2D eigenvalue weighted by molar-refractivity contribution is 6.01. The number of carbonyl (C=O) groups is 3. The number of aldehydes is 1. The number of carbonyl (C=O) groups excluding carboxylic acids is 3. The van der Waals surface area contributed by atoms with Crippen molar-refractivity contribution >= 4 is 18.1 Å². The van der Waals surface area contributed by atoms with Crippen LogP contribution in [0.15, 0.2) is 36.4 Å². The van der Waals surface area contributed by atoms with Gasteiger partial charge in [-0.1, -0.05) is 12.1 Å². The first-order chi connectivity index (χ1) is 16.5. The third-order valence-electron chi connectivity index (χ3n) is 5.67. The molecule has 0 spiro atoms. The summed E-state index contributed by atoms with van der Waals surface area (Å²) in [5.74, 6) is 1.30. The number of nitrogens with one attached hydrogen (secondary N) is 2. The molecule has 9 nitrogen and oxygen atoms in total. The van der Waals surface area contributed by atoms with Crippen LogP contribution >= 0.6 is 0 Å². The van der Waals surface area contributed by atoms with E-state index in [1.54, 1.807) is 19.2 Å². The number of rotatable bonds is 13. The van der Waals surface area contributed by atoms with E-state index in [0.717, 1.165) is 17.4 Å². The molecule has 0 saturated heterocycles. The molecule has 34 heavy (non-hydrogen) atoms. The Balaban J connectivity index is 1.76. The third-order valence-corrected chi connectivity index (χ3v) is 5.67. The lowest BCUT2D eigenvalue weighted by Crippen LogP contribution is -2.46. The molecule has 1 unspecified atom stereocenters. The molecule has 0 saturated carbocycles. The van der Waals surface area contributed by atoms with Gasteiger partial charge >= 0.3 is 0 Å². The number of likely N-dealkylation sites (N-methyl/N-ethyl adjacent to an activating group) is 2. The Bertz CT molecular complexity index is 1030. The molecule has 0 radical (unpaired) electrons. The van der Waals surface area contributed by atoms with Gasteiger partial charge in [0.1, 0.15) is 31.3 Å². The number of nitrogens with zero attached hydrogens (tertiary/aromatic N) is 1. The van der Waals surface area contributed by atoms with Crippen molar-refractivity contribution < 1.29 is 28.6 Å². The van der Waals surface area contributed by atoms with E-state index >= 15 is 0 Å². The third kappa shape index (κ3) is 5.66. The summed E-state index contributed by atoms with van der Waals surface area (Å²) in [4.78, 5) is 37.8. The molecule has 2 amide bonds. The summed E-state index contributed by atoms with van der Waals surface area (Å²) in [6.07, 6.45) is 1.21. The van der Waals surface area contributed by atoms with Crippen LogP contribution in [0.5, 0.6) is 17.2 Å². The summed E-state index contributed by atoms with van der Waals surface area (Å²) in [5.41, 5.74) is 2.11. The Morgan fingerprint density at radius 1 is 1.15 bits per heavy atom. The Morgan fingerprint density at radius 2 is 1.97 bits per heavy atom. The van der Waals surface area contributed by atoms with Gasteiger partial charge in [-0.2, -0.15) is 0 Å². The summed E-state index contributed by atoms with van der Waals surface area (Å²) in [7, 11) is 4.96. The zero-order valence-electron chi connectivity index (χ0n) is 19.8. The van der Waals surface area contributed by atoms with E-state index in [0.29, 0.717) is 36.0 Å². The fourth-order valence-corrected chi connectivity index (χ4v) is 3.88. The number of fused-ring (bicyclic) bond motifs is 1. The zero-order chi connectivity index (χ0) is 24.5. The number of methoxy groups -OCH3 is 1. The van der Waals surface area contributed by atoms with Crippen molar-refractivity contribution in [2.45, 2.75) is 32.0 Å². The molecular formula is C25H31N3O6. The van der Waals surface area contributed by atoms with Crippen molar-refractivity contribution in [3.8, 4) is 17.2 Å². The van der Waals surface area contributed by atoms with Crippen LogP contribution < -0.4 is 24.8 Å². The first kappa shape index (κ1) is 25.0. The molecule has 0 aromatic heterocycles. The molecule has 182 valence electrons. The molecule has 1 aliphatic heterocycles. The predicted octanol–water partition coefficient (Wildman–Crippen LogP) is 1.92. The van der Waals surface area contributed by atoms with E-state index in [2.05, 4.69) is 10.6 Å². The van der Waals surface area contributed by atoms with Crippen molar-refractivity contribution in [3.05, 3.63) is 53.1 Å². The fraction of sp³-hybridized carbons (Fsp3) is 0.400. The maximum absolute atomic E-state index is 13.1. The van der Waals surface area contributed by atoms with Crippen LogP contribution in [0, 0.1) is 0 Å². The van der Waals surface area contributed by atoms with E-state index in [1.165, 1.54) is 11.9 Å². The second-order valence-corrected chi connectivity index (χ2v) is 7.82. The average molecular weight is 470 g/mol. The molecule has 9 heteroatoms. The lowest BCUT2D eigenvalue weighted by atomic mass is 10.1. The molecule has 1 heterocycles. The minimum absolute atomic E-state index is 0.192. The molecule has 0 bridgehead atoms. The van der Waals surface area contributed by atoms with Crippen molar-refractivity contribution in [1.82, 2.24) is 15.5 Å². The van der Waals surface area contributed by atoms with E-state index in [9.17, 15) is 14.4 Å². The first-order valence-corrected chi connectivity index (χ1v) is 11.2. The molecule has 0 fully saturated rings. The number of hydrogen-bond donors (Lipinski definition) is 2. The monoisotopic (exact) mass is 469 g/mol. The summed E-state index contributed by atoms with van der Waals surface area (Å²) in [6.45, 7) is 1.70. The molecular weight excluding hydrogens is 438 g/mol. The van der Waals surface area contributed by atoms with Crippen LogP contribution in [0.2, 0.25) is 0 Å². The molecule has 3 rings (SSSR count). The molecule has 2 aromatic carbocycles. The number of hydrogen-bond acceptors (Lipinski definition) is 7. The van der Waals surface area contributed by atoms with Gasteiger partial charge in [0.2, 0.25) is 5.91 Å². The maximum atomic E-state index is 13.1. The molecule has 2 aromatic rings. The topological polar surface area (TPSA) is 106 Å². The van der Waals surface area contributed by atoms with Crippen LogP contribution in [0.25, 0.3) is 0 Å². The van der Waals surface area contributed by atoms with Crippen molar-refractivity contribution in [2.75, 3.05) is 34.4 Å². The van der Waals surface area contributed by atoms with Crippen LogP contribution in [0.3, 0.4) is 0 Å². The smallest absolute Gasteiger partial charge is 0.255 e. The van der Waals surface area contributed by atoms with E-state index in [1.807, 2.05) is 31.3 Å². The van der Waals surface area contributed by atoms with Crippen LogP contribution in [-0.4, -0.2) is 63.4 Å². The molecule has 2 N–H and O–H groups in total. The second kappa shape index (κ2) is 12.0. The van der Waals surface area contributed by atoms with Gasteiger partial charge in [0.15, 0.2) is 11.5 Å². The van der Waals surface area contributed by atoms with E-state index in [-0.39, 0.29) is 37.8 Å². The zero-order valence-corrected chi connectivity index (χ0v) is 19.8. The normalized spacial score (nSPS) is 13.3. The number of amides is 2. The second-order valence-electron chi connectivity index (χ2n) is 7.82. The standard InChI is InChI=1S/C25H31N3O6/c1-26-11-13-33-23-14-17(9-10-22(23)32-3)16-34-21-8-4-6-18-19(21)15-28(25(18)31)20(7-5-12-29)24(30)27-2/h4,6,8-10,12,14,20,26H,5,7,11,13,15-16H2,1-3H3,(H,27,30). The maximum Gasteiger partial charge on any atom is 0.255 e. The van der Waals surface area contributed by atoms with Crippen molar-refractivity contribution in [3.63, 3.8) is 0 Å². The Morgan fingerprint density at radius 3 is 2.68 bits per heavy atom. The van der Waals surface area contributed by atoms with Crippen LogP contribution in [0.1, 0.15) is 34.3 Å². The van der Waals surface area contributed by atoms with Gasteiger partial charge in [-0.15, -0.1) is 0 Å². The summed E-state index contributed by atoms with van der Waals surface area (Å²) < 4.78 is 17.3. The predicted molar refractivity (Wildman–Crippen MR) is 126 cm³/mol. The Hall–Kier alpha value is -3.59. The van der Waals surface area contributed by atoms with Gasteiger partial charge in [-0.25, -0.2) is 0 Å². The van der Waals surface area contributed by atoms with Gasteiger partial charge in [0.25, 0.3) is 5.91 Å². The average Bonchev–Trinajstić information content (AvgIpc) is 3.19. The highest BCUT2D eigenvalue weighted by atomic mass is 16.5. The highest BCUT2D eigenvalue weighted by Gasteiger charge is 2.37. The van der Waals surface area contributed by atoms with Crippen molar-refractivity contribution in [2.24, 2.45) is 0 Å². The Labute approximate surface area is 199 Å². The SMILES string of the molecule is CNCCOc1cc(COc2cccc3c2CN(C(CCC=O)C(=O)NC)C3=O)ccc1OC. The summed E-state index contributed by atoms with van der Waals surface area (Å²) in [5, 5.41) is 5.62. The van der Waals surface area contributed by atoms with Crippen LogP contribution in [0.4, 0.5) is 0 Å². The quantitative estimate of drug-likeness (QED) is 0.341. The van der Waals surface area contributed by atoms with Gasteiger partial charge in [-0.3, -0.25) is 9.59 Å². The van der Waals surface area contributed by atoms with Crippen LogP contribution in [-0.2, 0) is 22.7 Å². The molecule has 1 atom stereocenters. The van der Waals surface area contributed by atoms with E-state index < -0.39 is 6.04 Å². The van der Waals surface area contributed by atoms with Gasteiger partial charge in [0.05, 0.1) is 13.7 Å². The summed E-state index contributed by atoms with van der Waals surface area (Å²) in [6, 6.07) is 10.2. The minimum Gasteiger partial charge on any atom is -0.493 e. The minimum atomic E-state index is -0.721. The number of ether oxygens (including phenoxy) is 3. The lowest BCUT2D eigenvalue weighted by molar-refractivity contribution is -0.125. The van der Waals surface area contributed by atoms with Gasteiger partial charge < -0.3 is 34.5 Å². The largest absolute Gasteiger partial charge is 0.493 e. The van der Waals surface area contributed by atoms with E-state index in [4.69, 9.17) is 14.2 Å². The van der Waals surface area contributed by atoms with Gasteiger partial charge in [0, 0.05) is 31.1 Å². The molecule has 0 aliphatic carbocycles. The molecule has 1 aliphatic rings. The Kier molecular flexibility index (Phi) is 8.86. The number of benzene rings is 2. The summed E-state index contributed by atoms with van der Waals surface area (Å²) >= 11 is 0. The van der Waals surface area contributed by atoms with Crippen molar-refractivity contribution in [1.29, 1.82) is 0 Å². The lowest BCUT2D eigenvalue weighted by Gasteiger charge is -2.25.